The highest BCUT2D eigenvalue weighted by molar-refractivity contribution is 7.92. The molecule has 0 aliphatic rings. The van der Waals surface area contributed by atoms with Crippen LogP contribution in [0.15, 0.2) is 40.2 Å². The Kier molecular flexibility index (Phi) is 6.04. The Labute approximate surface area is 173 Å². The van der Waals surface area contributed by atoms with Gasteiger partial charge < -0.3 is 9.84 Å². The van der Waals surface area contributed by atoms with Crippen LogP contribution in [0.3, 0.4) is 0 Å². The third-order valence-corrected chi connectivity index (χ3v) is 6.41. The van der Waals surface area contributed by atoms with Crippen molar-refractivity contribution < 1.29 is 17.7 Å². The van der Waals surface area contributed by atoms with E-state index >= 15 is 0 Å². The lowest BCUT2D eigenvalue weighted by atomic mass is 10.1. The fourth-order valence-electron chi connectivity index (χ4n) is 2.88. The Morgan fingerprint density at radius 2 is 2.07 bits per heavy atom. The van der Waals surface area contributed by atoms with Gasteiger partial charge in [-0.2, -0.15) is 4.98 Å². The standard InChI is InChI=1S/C19H22N4O4S2/c1-12-7-8-13(2)15(10-12)23(29(4,25)26)14(3)19(24)20-11-17-21-18(22-27-17)16-6-5-9-28-16/h5-10,14H,11H2,1-4H3,(H,20,24)/t14-/m1/s1. The summed E-state index contributed by atoms with van der Waals surface area (Å²) in [7, 11) is -3.69. The van der Waals surface area contributed by atoms with Crippen molar-refractivity contribution in [2.24, 2.45) is 0 Å². The number of sulfonamides is 1. The lowest BCUT2D eigenvalue weighted by Gasteiger charge is -2.29. The van der Waals surface area contributed by atoms with E-state index in [1.165, 1.54) is 11.3 Å². The SMILES string of the molecule is Cc1ccc(C)c(N([C@H](C)C(=O)NCc2nc(-c3cccs3)no2)S(C)(=O)=O)c1. The van der Waals surface area contributed by atoms with Crippen molar-refractivity contribution in [2.75, 3.05) is 10.6 Å². The third-order valence-electron chi connectivity index (χ3n) is 4.31. The molecule has 0 aliphatic carbocycles. The van der Waals surface area contributed by atoms with Gasteiger partial charge in [0.1, 0.15) is 6.04 Å². The molecule has 0 unspecified atom stereocenters. The first kappa shape index (κ1) is 21.0. The number of nitrogens with one attached hydrogen (secondary N) is 1. The van der Waals surface area contributed by atoms with E-state index in [1.807, 2.05) is 43.5 Å². The Balaban J connectivity index is 1.75. The number of aryl methyl sites for hydroxylation is 2. The van der Waals surface area contributed by atoms with Crippen molar-refractivity contribution in [1.82, 2.24) is 15.5 Å². The van der Waals surface area contributed by atoms with Gasteiger partial charge in [0, 0.05) is 0 Å². The number of aromatic nitrogens is 2. The summed E-state index contributed by atoms with van der Waals surface area (Å²) in [6, 6.07) is 8.28. The van der Waals surface area contributed by atoms with E-state index in [1.54, 1.807) is 13.0 Å². The van der Waals surface area contributed by atoms with Crippen LogP contribution in [0.4, 0.5) is 5.69 Å². The van der Waals surface area contributed by atoms with Crippen LogP contribution in [0, 0.1) is 13.8 Å². The minimum absolute atomic E-state index is 0.00590. The highest BCUT2D eigenvalue weighted by Gasteiger charge is 2.30. The molecule has 8 nitrogen and oxygen atoms in total. The van der Waals surface area contributed by atoms with Crippen LogP contribution in [-0.2, 0) is 21.4 Å². The van der Waals surface area contributed by atoms with Gasteiger partial charge in [0.25, 0.3) is 0 Å². The second kappa shape index (κ2) is 8.34. The van der Waals surface area contributed by atoms with E-state index < -0.39 is 22.0 Å². The molecule has 10 heteroatoms. The van der Waals surface area contributed by atoms with Gasteiger partial charge in [0.05, 0.1) is 23.4 Å². The van der Waals surface area contributed by atoms with Crippen molar-refractivity contribution in [3.8, 4) is 10.7 Å². The molecule has 0 bridgehead atoms. The summed E-state index contributed by atoms with van der Waals surface area (Å²) in [5, 5.41) is 8.47. The van der Waals surface area contributed by atoms with Gasteiger partial charge in [-0.3, -0.25) is 9.10 Å². The molecule has 0 aliphatic heterocycles. The van der Waals surface area contributed by atoms with Crippen molar-refractivity contribution in [2.45, 2.75) is 33.4 Å². The molecule has 29 heavy (non-hydrogen) atoms. The monoisotopic (exact) mass is 434 g/mol. The molecule has 0 saturated heterocycles. The van der Waals surface area contributed by atoms with Crippen molar-refractivity contribution in [1.29, 1.82) is 0 Å². The molecule has 3 aromatic rings. The number of nitrogens with zero attached hydrogens (tertiary/aromatic N) is 3. The van der Waals surface area contributed by atoms with Gasteiger partial charge in [-0.25, -0.2) is 8.42 Å². The third kappa shape index (κ3) is 4.83. The lowest BCUT2D eigenvalue weighted by molar-refractivity contribution is -0.122. The molecule has 0 spiro atoms. The normalized spacial score (nSPS) is 12.6. The van der Waals surface area contributed by atoms with Crippen LogP contribution in [0.5, 0.6) is 0 Å². The van der Waals surface area contributed by atoms with Gasteiger partial charge in [-0.05, 0) is 49.4 Å². The zero-order valence-corrected chi connectivity index (χ0v) is 18.2. The molecule has 1 aromatic carbocycles. The quantitative estimate of drug-likeness (QED) is 0.613. The zero-order valence-electron chi connectivity index (χ0n) is 16.5. The first-order chi connectivity index (χ1) is 13.7. The van der Waals surface area contributed by atoms with Crippen LogP contribution in [0.1, 0.15) is 23.9 Å². The number of anilines is 1. The average molecular weight is 435 g/mol. The Hall–Kier alpha value is -2.72. The summed E-state index contributed by atoms with van der Waals surface area (Å²) >= 11 is 1.48. The first-order valence-corrected chi connectivity index (χ1v) is 11.6. The van der Waals surface area contributed by atoms with E-state index in [4.69, 9.17) is 4.52 Å². The molecule has 154 valence electrons. The topological polar surface area (TPSA) is 105 Å². The molecule has 0 saturated carbocycles. The number of rotatable bonds is 7. The van der Waals surface area contributed by atoms with Crippen molar-refractivity contribution in [3.63, 3.8) is 0 Å². The molecular formula is C19H22N4O4S2. The maximum atomic E-state index is 12.7. The van der Waals surface area contributed by atoms with E-state index in [0.717, 1.165) is 26.6 Å². The molecule has 0 radical (unpaired) electrons. The van der Waals surface area contributed by atoms with Gasteiger partial charge >= 0.3 is 0 Å². The maximum Gasteiger partial charge on any atom is 0.246 e. The number of benzene rings is 1. The molecule has 1 N–H and O–H groups in total. The molecule has 1 atom stereocenters. The van der Waals surface area contributed by atoms with E-state index in [9.17, 15) is 13.2 Å². The number of carbonyl (C=O) groups is 1. The van der Waals surface area contributed by atoms with Crippen LogP contribution in [-0.4, -0.2) is 36.8 Å². The van der Waals surface area contributed by atoms with Crippen LogP contribution >= 0.6 is 11.3 Å². The summed E-state index contributed by atoms with van der Waals surface area (Å²) in [6.07, 6.45) is 1.09. The highest BCUT2D eigenvalue weighted by atomic mass is 32.2. The predicted octanol–water partition coefficient (Wildman–Crippen LogP) is 2.89. The minimum Gasteiger partial charge on any atom is -0.345 e. The summed E-state index contributed by atoms with van der Waals surface area (Å²) < 4.78 is 31.2. The minimum atomic E-state index is -3.69. The molecule has 3 rings (SSSR count). The highest BCUT2D eigenvalue weighted by Crippen LogP contribution is 2.26. The van der Waals surface area contributed by atoms with Gasteiger partial charge in [0.2, 0.25) is 27.6 Å². The number of thiophene rings is 1. The van der Waals surface area contributed by atoms with E-state index in [2.05, 4.69) is 15.5 Å². The van der Waals surface area contributed by atoms with Gasteiger partial charge in [-0.15, -0.1) is 11.3 Å². The molecule has 0 fully saturated rings. The molecule has 2 aromatic heterocycles. The van der Waals surface area contributed by atoms with Crippen LogP contribution < -0.4 is 9.62 Å². The predicted molar refractivity (Wildman–Crippen MR) is 112 cm³/mol. The molecular weight excluding hydrogens is 412 g/mol. The molecule has 2 heterocycles. The van der Waals surface area contributed by atoms with Crippen molar-refractivity contribution in [3.05, 3.63) is 52.7 Å². The van der Waals surface area contributed by atoms with E-state index in [0.29, 0.717) is 11.5 Å². The fourth-order valence-corrected chi connectivity index (χ4v) is 4.75. The fraction of sp³-hybridized carbons (Fsp3) is 0.316. The number of carbonyl (C=O) groups excluding carboxylic acids is 1. The number of hydrogen-bond acceptors (Lipinski definition) is 7. The van der Waals surface area contributed by atoms with Gasteiger partial charge in [0.15, 0.2) is 0 Å². The first-order valence-electron chi connectivity index (χ1n) is 8.87. The summed E-state index contributed by atoms with van der Waals surface area (Å²) in [5.74, 6) is 0.226. The average Bonchev–Trinajstić information content (AvgIpc) is 3.32. The maximum absolute atomic E-state index is 12.7. The second-order valence-electron chi connectivity index (χ2n) is 6.73. The Bertz CT molecular complexity index is 1110. The smallest absolute Gasteiger partial charge is 0.246 e. The van der Waals surface area contributed by atoms with Crippen molar-refractivity contribution >= 4 is 33.0 Å². The van der Waals surface area contributed by atoms with E-state index in [-0.39, 0.29) is 12.4 Å². The Morgan fingerprint density at radius 3 is 2.72 bits per heavy atom. The largest absolute Gasteiger partial charge is 0.345 e. The summed E-state index contributed by atoms with van der Waals surface area (Å²) in [4.78, 5) is 17.8. The zero-order chi connectivity index (χ0) is 21.2. The second-order valence-corrected chi connectivity index (χ2v) is 9.54. The van der Waals surface area contributed by atoms with Crippen LogP contribution in [0.2, 0.25) is 0 Å². The summed E-state index contributed by atoms with van der Waals surface area (Å²) in [5.41, 5.74) is 2.14. The lowest BCUT2D eigenvalue weighted by Crippen LogP contribution is -2.48. The van der Waals surface area contributed by atoms with Crippen LogP contribution in [0.25, 0.3) is 10.7 Å². The number of hydrogen-bond donors (Lipinski definition) is 1. The molecule has 1 amide bonds. The Morgan fingerprint density at radius 1 is 1.31 bits per heavy atom. The summed E-state index contributed by atoms with van der Waals surface area (Å²) in [6.45, 7) is 5.23. The number of amides is 1. The van der Waals surface area contributed by atoms with Gasteiger partial charge in [-0.1, -0.05) is 23.4 Å².